The van der Waals surface area contributed by atoms with Gasteiger partial charge in [-0.2, -0.15) is 5.26 Å². The molecule has 0 aliphatic carbocycles. The Labute approximate surface area is 253 Å². The maximum atomic E-state index is 9.29. The second-order valence-electron chi connectivity index (χ2n) is 10.4. The molecule has 0 aromatic heterocycles. The summed E-state index contributed by atoms with van der Waals surface area (Å²) in [4.78, 5) is 0. The van der Waals surface area contributed by atoms with Crippen molar-refractivity contribution in [3.8, 4) is 6.07 Å². The van der Waals surface area contributed by atoms with Gasteiger partial charge in [0.25, 0.3) is 0 Å². The fourth-order valence-electron chi connectivity index (χ4n) is 5.00. The third kappa shape index (κ3) is 9.31. The summed E-state index contributed by atoms with van der Waals surface area (Å²) in [5.74, 6) is 0. The molecule has 1 fully saturated rings. The van der Waals surface area contributed by atoms with Crippen LogP contribution < -0.4 is 5.32 Å². The van der Waals surface area contributed by atoms with Crippen molar-refractivity contribution in [3.05, 3.63) is 144 Å². The predicted molar refractivity (Wildman–Crippen MR) is 163 cm³/mol. The summed E-state index contributed by atoms with van der Waals surface area (Å²) < 4.78 is 32.6. The van der Waals surface area contributed by atoms with E-state index in [9.17, 15) is 5.26 Å². The number of nitrogens with zero attached hydrogens (tertiary/aromatic N) is 1. The van der Waals surface area contributed by atoms with E-state index < -0.39 is 30.8 Å². The third-order valence-corrected chi connectivity index (χ3v) is 7.21. The van der Waals surface area contributed by atoms with Gasteiger partial charge in [-0.05, 0) is 22.3 Å². The molecule has 7 heteroatoms. The van der Waals surface area contributed by atoms with Crippen molar-refractivity contribution in [1.82, 2.24) is 5.32 Å². The summed E-state index contributed by atoms with van der Waals surface area (Å²) in [6.07, 6.45) is -2.28. The topological polar surface area (TPSA) is 82.0 Å². The van der Waals surface area contributed by atoms with Crippen LogP contribution in [0.2, 0.25) is 0 Å². The first-order chi connectivity index (χ1) is 21.3. The fraction of sp³-hybridized carbons (Fsp3) is 0.306. The van der Waals surface area contributed by atoms with Crippen LogP contribution in [0.15, 0.2) is 121 Å². The Morgan fingerprint density at radius 3 is 1.37 bits per heavy atom. The number of benzene rings is 4. The third-order valence-electron chi connectivity index (χ3n) is 7.21. The largest absolute Gasteiger partial charge is 0.369 e. The van der Waals surface area contributed by atoms with Gasteiger partial charge in [0.1, 0.15) is 12.2 Å². The Hall–Kier alpha value is -3.87. The lowest BCUT2D eigenvalue weighted by Crippen LogP contribution is -2.65. The highest BCUT2D eigenvalue weighted by Gasteiger charge is 2.48. The van der Waals surface area contributed by atoms with Gasteiger partial charge < -0.3 is 29.0 Å². The van der Waals surface area contributed by atoms with Crippen LogP contribution in [-0.2, 0) is 50.1 Å². The molecule has 222 valence electrons. The van der Waals surface area contributed by atoms with E-state index in [0.29, 0.717) is 39.4 Å². The number of hydrogen-bond acceptors (Lipinski definition) is 7. The second kappa shape index (κ2) is 16.7. The average molecular weight is 579 g/mol. The van der Waals surface area contributed by atoms with E-state index in [-0.39, 0.29) is 0 Å². The van der Waals surface area contributed by atoms with E-state index in [0.717, 1.165) is 22.3 Å². The van der Waals surface area contributed by atoms with Crippen LogP contribution in [0.4, 0.5) is 0 Å². The molecule has 4 aromatic rings. The first-order valence-corrected chi connectivity index (χ1v) is 14.7. The van der Waals surface area contributed by atoms with Crippen LogP contribution in [-0.4, -0.2) is 37.4 Å². The van der Waals surface area contributed by atoms with Gasteiger partial charge in [-0.25, -0.2) is 0 Å². The summed E-state index contributed by atoms with van der Waals surface area (Å²) in [5.41, 5.74) is 4.11. The highest BCUT2D eigenvalue weighted by atomic mass is 16.8. The van der Waals surface area contributed by atoms with Gasteiger partial charge in [0, 0.05) is 13.0 Å². The van der Waals surface area contributed by atoms with E-state index in [4.69, 9.17) is 23.7 Å². The molecule has 0 spiro atoms. The van der Waals surface area contributed by atoms with Gasteiger partial charge in [-0.15, -0.1) is 0 Å². The lowest BCUT2D eigenvalue weighted by molar-refractivity contribution is -0.346. The summed E-state index contributed by atoms with van der Waals surface area (Å²) >= 11 is 0. The molecular weight excluding hydrogens is 540 g/mol. The average Bonchev–Trinajstić information content (AvgIpc) is 3.07. The van der Waals surface area contributed by atoms with Gasteiger partial charge in [-0.1, -0.05) is 121 Å². The highest BCUT2D eigenvalue weighted by Crippen LogP contribution is 2.30. The Kier molecular flexibility index (Phi) is 11.9. The molecule has 7 nitrogen and oxygen atoms in total. The Balaban J connectivity index is 1.44. The maximum Gasteiger partial charge on any atom is 0.189 e. The van der Waals surface area contributed by atoms with Crippen molar-refractivity contribution in [1.29, 1.82) is 5.26 Å². The molecule has 0 radical (unpaired) electrons. The minimum atomic E-state index is -0.778. The zero-order valence-corrected chi connectivity index (χ0v) is 24.2. The van der Waals surface area contributed by atoms with Crippen molar-refractivity contribution in [2.45, 2.75) is 63.7 Å². The summed E-state index contributed by atoms with van der Waals surface area (Å²) in [7, 11) is 0. The van der Waals surface area contributed by atoms with E-state index in [1.54, 1.807) is 0 Å². The summed E-state index contributed by atoms with van der Waals surface area (Å²) in [6.45, 7) is 1.84. The van der Waals surface area contributed by atoms with Gasteiger partial charge in [0.15, 0.2) is 12.6 Å². The van der Waals surface area contributed by atoms with Crippen molar-refractivity contribution >= 4 is 0 Å². The Morgan fingerprint density at radius 2 is 0.930 bits per heavy atom. The van der Waals surface area contributed by atoms with E-state index in [1.807, 2.05) is 121 Å². The SMILES string of the molecule is N#CCCN[C@H]1[C@@H](OCc2ccccc2)O[C@H](OCc2ccccc2)[C@@H](OCc2ccccc2)[C@@H]1OCc1ccccc1. The molecule has 4 aromatic carbocycles. The van der Waals surface area contributed by atoms with Crippen LogP contribution in [0.25, 0.3) is 0 Å². The van der Waals surface area contributed by atoms with E-state index in [2.05, 4.69) is 11.4 Å². The van der Waals surface area contributed by atoms with E-state index >= 15 is 0 Å². The van der Waals surface area contributed by atoms with Gasteiger partial charge >= 0.3 is 0 Å². The summed E-state index contributed by atoms with van der Waals surface area (Å²) in [6, 6.07) is 41.8. The number of hydrogen-bond donors (Lipinski definition) is 1. The second-order valence-corrected chi connectivity index (χ2v) is 10.4. The van der Waals surface area contributed by atoms with Crippen LogP contribution in [0.1, 0.15) is 28.7 Å². The zero-order valence-electron chi connectivity index (χ0n) is 24.2. The molecule has 1 heterocycles. The highest BCUT2D eigenvalue weighted by molar-refractivity contribution is 5.16. The lowest BCUT2D eigenvalue weighted by Gasteiger charge is -2.46. The molecule has 43 heavy (non-hydrogen) atoms. The molecule has 0 saturated carbocycles. The van der Waals surface area contributed by atoms with Gasteiger partial charge in [-0.3, -0.25) is 0 Å². The predicted octanol–water partition coefficient (Wildman–Crippen LogP) is 6.15. The maximum absolute atomic E-state index is 9.29. The molecular formula is C36H38N2O5. The van der Waals surface area contributed by atoms with Crippen molar-refractivity contribution < 1.29 is 23.7 Å². The number of nitrogens with one attached hydrogen (secondary N) is 1. The van der Waals surface area contributed by atoms with Crippen molar-refractivity contribution in [2.75, 3.05) is 6.54 Å². The number of ether oxygens (including phenoxy) is 5. The van der Waals surface area contributed by atoms with Crippen LogP contribution in [0, 0.1) is 11.3 Å². The first-order valence-electron chi connectivity index (χ1n) is 14.7. The lowest BCUT2D eigenvalue weighted by atomic mass is 9.99. The normalized spacial score (nSPS) is 21.7. The monoisotopic (exact) mass is 578 g/mol. The minimum absolute atomic E-state index is 0.330. The molecule has 0 bridgehead atoms. The quantitative estimate of drug-likeness (QED) is 0.170. The molecule has 5 atom stereocenters. The van der Waals surface area contributed by atoms with Crippen LogP contribution >= 0.6 is 0 Å². The smallest absolute Gasteiger partial charge is 0.189 e. The number of rotatable bonds is 15. The molecule has 1 aliphatic rings. The summed E-state index contributed by atoms with van der Waals surface area (Å²) in [5, 5.41) is 12.8. The van der Waals surface area contributed by atoms with Crippen LogP contribution in [0.5, 0.6) is 0 Å². The Bertz CT molecular complexity index is 1370. The van der Waals surface area contributed by atoms with Crippen molar-refractivity contribution in [3.63, 3.8) is 0 Å². The Morgan fingerprint density at radius 1 is 0.535 bits per heavy atom. The number of nitriles is 1. The molecule has 1 N–H and O–H groups in total. The van der Waals surface area contributed by atoms with Crippen molar-refractivity contribution in [2.24, 2.45) is 0 Å². The molecule has 0 unspecified atom stereocenters. The minimum Gasteiger partial charge on any atom is -0.369 e. The standard InChI is InChI=1S/C36H38N2O5/c37-22-13-23-38-32-33(39-24-28-14-5-1-6-15-28)34(40-25-29-16-7-2-8-17-29)36(42-27-31-20-11-4-12-21-31)43-35(32)41-26-30-18-9-3-10-19-30/h1-12,14-21,32-36,38H,13,23-27H2/t32-,33-,34+,35+,36+/m1/s1. The molecule has 1 aliphatic heterocycles. The fourth-order valence-corrected chi connectivity index (χ4v) is 5.00. The van der Waals surface area contributed by atoms with Gasteiger partial charge in [0.05, 0.1) is 38.5 Å². The van der Waals surface area contributed by atoms with Gasteiger partial charge in [0.2, 0.25) is 0 Å². The molecule has 1 saturated heterocycles. The van der Waals surface area contributed by atoms with E-state index in [1.165, 1.54) is 0 Å². The van der Waals surface area contributed by atoms with Crippen LogP contribution in [0.3, 0.4) is 0 Å². The molecule has 0 amide bonds. The zero-order chi connectivity index (χ0) is 29.5. The first kappa shape index (κ1) is 30.6. The molecule has 5 rings (SSSR count).